The minimum Gasteiger partial charge on any atom is -0.486 e. The fraction of sp³-hybridized carbons (Fsp3) is 0.0435. The van der Waals surface area contributed by atoms with E-state index in [1.54, 1.807) is 48.5 Å². The predicted octanol–water partition coefficient (Wildman–Crippen LogP) is 7.53. The number of carbonyl (C=O) groups excluding carboxylic acids is 1. The van der Waals surface area contributed by atoms with Gasteiger partial charge in [0.2, 0.25) is 0 Å². The van der Waals surface area contributed by atoms with E-state index in [2.05, 4.69) is 21.2 Å². The molecular formula is C23H14BrCl3N2O2. The molecule has 4 nitrogen and oxygen atoms in total. The number of ether oxygens (including phenoxy) is 1. The van der Waals surface area contributed by atoms with Crippen LogP contribution in [0.5, 0.6) is 5.75 Å². The van der Waals surface area contributed by atoms with Crippen molar-refractivity contribution in [2.75, 3.05) is 5.32 Å². The minimum atomic E-state index is -0.542. The molecule has 0 spiro atoms. The molecule has 0 fully saturated rings. The summed E-state index contributed by atoms with van der Waals surface area (Å²) in [6, 6.07) is 19.3. The van der Waals surface area contributed by atoms with Crippen LogP contribution in [0.15, 0.2) is 70.7 Å². The summed E-state index contributed by atoms with van der Waals surface area (Å²) in [5.41, 5.74) is 1.87. The average Bonchev–Trinajstić information content (AvgIpc) is 2.74. The van der Waals surface area contributed by atoms with Crippen molar-refractivity contribution in [2.45, 2.75) is 6.61 Å². The number of carbonyl (C=O) groups is 1. The van der Waals surface area contributed by atoms with Gasteiger partial charge < -0.3 is 10.1 Å². The molecular weight excluding hydrogens is 523 g/mol. The Morgan fingerprint density at radius 3 is 2.23 bits per heavy atom. The Labute approximate surface area is 203 Å². The number of halogens is 4. The zero-order chi connectivity index (χ0) is 22.4. The van der Waals surface area contributed by atoms with Gasteiger partial charge in [-0.2, -0.15) is 5.26 Å². The number of nitriles is 1. The molecule has 0 saturated carbocycles. The van der Waals surface area contributed by atoms with Crippen molar-refractivity contribution in [1.29, 1.82) is 5.26 Å². The highest BCUT2D eigenvalue weighted by atomic mass is 79.9. The Bertz CT molecular complexity index is 1150. The zero-order valence-corrected chi connectivity index (χ0v) is 19.7. The van der Waals surface area contributed by atoms with Crippen molar-refractivity contribution in [3.05, 3.63) is 96.9 Å². The third kappa shape index (κ3) is 6.49. The number of benzene rings is 3. The van der Waals surface area contributed by atoms with Crippen LogP contribution >= 0.6 is 50.7 Å². The third-order valence-electron chi connectivity index (χ3n) is 4.10. The molecule has 0 unspecified atom stereocenters. The van der Waals surface area contributed by atoms with Gasteiger partial charge in [-0.25, -0.2) is 0 Å². The smallest absolute Gasteiger partial charge is 0.266 e. The van der Waals surface area contributed by atoms with Crippen molar-refractivity contribution >= 4 is 68.4 Å². The molecule has 0 aliphatic heterocycles. The van der Waals surface area contributed by atoms with E-state index < -0.39 is 5.91 Å². The van der Waals surface area contributed by atoms with Crippen molar-refractivity contribution in [2.24, 2.45) is 0 Å². The Morgan fingerprint density at radius 1 is 1.03 bits per heavy atom. The van der Waals surface area contributed by atoms with E-state index in [0.29, 0.717) is 22.0 Å². The molecule has 3 aromatic rings. The fourth-order valence-corrected chi connectivity index (χ4v) is 3.59. The first-order valence-corrected chi connectivity index (χ1v) is 10.8. The molecule has 0 aliphatic rings. The van der Waals surface area contributed by atoms with E-state index in [1.807, 2.05) is 18.2 Å². The van der Waals surface area contributed by atoms with Crippen molar-refractivity contribution in [3.63, 3.8) is 0 Å². The van der Waals surface area contributed by atoms with Crippen LogP contribution < -0.4 is 10.1 Å². The Morgan fingerprint density at radius 2 is 1.65 bits per heavy atom. The van der Waals surface area contributed by atoms with Gasteiger partial charge in [-0.3, -0.25) is 4.79 Å². The molecule has 3 rings (SSSR count). The summed E-state index contributed by atoms with van der Waals surface area (Å²) in [4.78, 5) is 12.4. The standard InChI is InChI=1S/C23H14BrCl3N2O2/c24-17-3-7-19(8-4-17)29-23(30)16(12-28)9-15-10-20(26)22(21(27)11-15)31-13-14-1-5-18(25)6-2-14/h1-11H,13H2,(H,29,30)/b16-9-. The van der Waals surface area contributed by atoms with Gasteiger partial charge in [0.15, 0.2) is 5.75 Å². The summed E-state index contributed by atoms with van der Waals surface area (Å²) in [6.07, 6.45) is 1.41. The van der Waals surface area contributed by atoms with E-state index >= 15 is 0 Å². The van der Waals surface area contributed by atoms with Gasteiger partial charge in [0, 0.05) is 15.2 Å². The summed E-state index contributed by atoms with van der Waals surface area (Å²) < 4.78 is 6.62. The first-order chi connectivity index (χ1) is 14.9. The quantitative estimate of drug-likeness (QED) is 0.262. The number of nitrogens with zero attached hydrogens (tertiary/aromatic N) is 1. The summed E-state index contributed by atoms with van der Waals surface area (Å²) in [6.45, 7) is 0.255. The summed E-state index contributed by atoms with van der Waals surface area (Å²) in [5, 5.41) is 13.2. The largest absolute Gasteiger partial charge is 0.486 e. The monoisotopic (exact) mass is 534 g/mol. The molecule has 0 aromatic heterocycles. The van der Waals surface area contributed by atoms with E-state index in [9.17, 15) is 10.1 Å². The summed E-state index contributed by atoms with van der Waals surface area (Å²) in [5.74, 6) is -0.228. The van der Waals surface area contributed by atoms with E-state index in [-0.39, 0.29) is 22.2 Å². The van der Waals surface area contributed by atoms with Crippen molar-refractivity contribution in [1.82, 2.24) is 0 Å². The van der Waals surface area contributed by atoms with E-state index in [0.717, 1.165) is 10.0 Å². The topological polar surface area (TPSA) is 62.1 Å². The van der Waals surface area contributed by atoms with Crippen LogP contribution in [0.25, 0.3) is 6.08 Å². The fourth-order valence-electron chi connectivity index (χ4n) is 2.58. The molecule has 0 radical (unpaired) electrons. The van der Waals surface area contributed by atoms with Crippen molar-refractivity contribution in [3.8, 4) is 11.8 Å². The maximum Gasteiger partial charge on any atom is 0.266 e. The highest BCUT2D eigenvalue weighted by Crippen LogP contribution is 2.35. The van der Waals surface area contributed by atoms with E-state index in [4.69, 9.17) is 39.5 Å². The van der Waals surface area contributed by atoms with E-state index in [1.165, 1.54) is 6.08 Å². The number of hydrogen-bond acceptors (Lipinski definition) is 3. The zero-order valence-electron chi connectivity index (χ0n) is 15.8. The van der Waals surface area contributed by atoms with Gasteiger partial charge >= 0.3 is 0 Å². The normalized spacial score (nSPS) is 11.0. The summed E-state index contributed by atoms with van der Waals surface area (Å²) >= 11 is 21.9. The molecule has 0 heterocycles. The molecule has 0 aliphatic carbocycles. The predicted molar refractivity (Wildman–Crippen MR) is 129 cm³/mol. The first kappa shape index (κ1) is 23.2. The molecule has 1 N–H and O–H groups in total. The number of amides is 1. The second-order valence-electron chi connectivity index (χ2n) is 6.36. The SMILES string of the molecule is N#C/C(=C/c1cc(Cl)c(OCc2ccc(Cl)cc2)c(Cl)c1)C(=O)Nc1ccc(Br)cc1. The van der Waals surface area contributed by atoms with Crippen LogP contribution in [-0.4, -0.2) is 5.91 Å². The maximum absolute atomic E-state index is 12.4. The number of nitrogens with one attached hydrogen (secondary N) is 1. The molecule has 3 aromatic carbocycles. The van der Waals surface area contributed by atoms with Crippen molar-refractivity contribution < 1.29 is 9.53 Å². The number of hydrogen-bond donors (Lipinski definition) is 1. The van der Waals surface area contributed by atoms with Gasteiger partial charge in [0.1, 0.15) is 18.2 Å². The minimum absolute atomic E-state index is 0.0927. The van der Waals surface area contributed by atoms with Crippen LogP contribution in [0, 0.1) is 11.3 Å². The third-order valence-corrected chi connectivity index (χ3v) is 5.44. The highest BCUT2D eigenvalue weighted by Gasteiger charge is 2.13. The Hall–Kier alpha value is -2.49. The number of rotatable bonds is 6. The van der Waals surface area contributed by atoms with Gasteiger partial charge in [0.05, 0.1) is 10.0 Å². The molecule has 156 valence electrons. The lowest BCUT2D eigenvalue weighted by Crippen LogP contribution is -2.13. The van der Waals surface area contributed by atoms with Gasteiger partial charge in [0.25, 0.3) is 5.91 Å². The second kappa shape index (κ2) is 10.7. The maximum atomic E-state index is 12.4. The lowest BCUT2D eigenvalue weighted by Gasteiger charge is -2.11. The highest BCUT2D eigenvalue weighted by molar-refractivity contribution is 9.10. The lowest BCUT2D eigenvalue weighted by atomic mass is 10.1. The Balaban J connectivity index is 1.76. The molecule has 0 saturated heterocycles. The molecule has 0 atom stereocenters. The Kier molecular flexibility index (Phi) is 8.00. The average molecular weight is 537 g/mol. The molecule has 8 heteroatoms. The molecule has 0 bridgehead atoms. The van der Waals surface area contributed by atoms with Crippen LogP contribution in [0.4, 0.5) is 5.69 Å². The first-order valence-electron chi connectivity index (χ1n) is 8.90. The van der Waals surface area contributed by atoms with Crippen LogP contribution in [0.2, 0.25) is 15.1 Å². The van der Waals surface area contributed by atoms with Crippen LogP contribution in [-0.2, 0) is 11.4 Å². The van der Waals surface area contributed by atoms with Crippen LogP contribution in [0.3, 0.4) is 0 Å². The molecule has 31 heavy (non-hydrogen) atoms. The number of anilines is 1. The lowest BCUT2D eigenvalue weighted by molar-refractivity contribution is -0.112. The molecule has 1 amide bonds. The van der Waals surface area contributed by atoms with Gasteiger partial charge in [-0.1, -0.05) is 62.9 Å². The van der Waals surface area contributed by atoms with Gasteiger partial charge in [-0.05, 0) is 65.7 Å². The summed E-state index contributed by atoms with van der Waals surface area (Å²) in [7, 11) is 0. The van der Waals surface area contributed by atoms with Crippen LogP contribution in [0.1, 0.15) is 11.1 Å². The second-order valence-corrected chi connectivity index (χ2v) is 8.53. The van der Waals surface area contributed by atoms with Gasteiger partial charge in [-0.15, -0.1) is 0 Å².